The zero-order chi connectivity index (χ0) is 24.6. The maximum absolute atomic E-state index is 12.6. The number of ether oxygens (including phenoxy) is 3. The molecule has 1 N–H and O–H groups in total. The third kappa shape index (κ3) is 6.28. The van der Waals surface area contributed by atoms with Crippen molar-refractivity contribution < 1.29 is 28.5 Å². The van der Waals surface area contributed by atoms with Crippen LogP contribution in [0.2, 0.25) is 0 Å². The summed E-state index contributed by atoms with van der Waals surface area (Å²) < 4.78 is 22.4. The number of carboxylic acids is 1. The van der Waals surface area contributed by atoms with Crippen molar-refractivity contribution in [1.82, 2.24) is 0 Å². The van der Waals surface area contributed by atoms with E-state index in [0.29, 0.717) is 47.9 Å². The topological polar surface area (TPSA) is 95.2 Å². The van der Waals surface area contributed by atoms with Gasteiger partial charge in [0.05, 0.1) is 18.6 Å². The molecule has 0 saturated heterocycles. The molecule has 0 aliphatic carbocycles. The van der Waals surface area contributed by atoms with E-state index >= 15 is 0 Å². The van der Waals surface area contributed by atoms with Gasteiger partial charge in [-0.2, -0.15) is 0 Å². The highest BCUT2D eigenvalue weighted by atomic mass is 16.5. The summed E-state index contributed by atoms with van der Waals surface area (Å²) in [4.78, 5) is 23.7. The van der Waals surface area contributed by atoms with Crippen LogP contribution in [0.25, 0.3) is 22.3 Å². The fourth-order valence-electron chi connectivity index (χ4n) is 3.62. The molecule has 0 fully saturated rings. The molecule has 1 aromatic heterocycles. The molecule has 0 spiro atoms. The number of aliphatic carboxylic acids is 1. The lowest BCUT2D eigenvalue weighted by molar-refractivity contribution is -0.148. The molecule has 0 amide bonds. The van der Waals surface area contributed by atoms with Crippen molar-refractivity contribution in [2.75, 3.05) is 20.3 Å². The second-order valence-electron chi connectivity index (χ2n) is 7.96. The van der Waals surface area contributed by atoms with Crippen LogP contribution >= 0.6 is 0 Å². The average Bonchev–Trinajstić information content (AvgIpc) is 2.88. The molecule has 35 heavy (non-hydrogen) atoms. The van der Waals surface area contributed by atoms with Gasteiger partial charge in [0.2, 0.25) is 0 Å². The Morgan fingerprint density at radius 3 is 2.29 bits per heavy atom. The minimum absolute atomic E-state index is 0.123. The third-order valence-electron chi connectivity index (χ3n) is 5.49. The zero-order valence-corrected chi connectivity index (χ0v) is 19.3. The van der Waals surface area contributed by atoms with Crippen LogP contribution in [0.15, 0.2) is 88.1 Å². The van der Waals surface area contributed by atoms with Gasteiger partial charge in [0.15, 0.2) is 11.5 Å². The number of methoxy groups -OCH3 is 1. The molecule has 3 aromatic carbocycles. The van der Waals surface area contributed by atoms with Crippen LogP contribution in [-0.2, 0) is 16.0 Å². The predicted octanol–water partition coefficient (Wildman–Crippen LogP) is 4.95. The van der Waals surface area contributed by atoms with E-state index in [-0.39, 0.29) is 11.8 Å². The van der Waals surface area contributed by atoms with Gasteiger partial charge in [0.1, 0.15) is 22.8 Å². The van der Waals surface area contributed by atoms with E-state index < -0.39 is 12.1 Å². The number of hydrogen-bond acceptors (Lipinski definition) is 6. The van der Waals surface area contributed by atoms with Crippen LogP contribution in [0, 0.1) is 0 Å². The van der Waals surface area contributed by atoms with Gasteiger partial charge in [0.25, 0.3) is 0 Å². The minimum atomic E-state index is -0.989. The van der Waals surface area contributed by atoms with E-state index in [1.165, 1.54) is 13.2 Å². The average molecular weight is 475 g/mol. The lowest BCUT2D eigenvalue weighted by Gasteiger charge is -2.11. The van der Waals surface area contributed by atoms with Crippen molar-refractivity contribution >= 4 is 16.9 Å². The molecule has 4 rings (SSSR count). The number of rotatable bonds is 11. The normalized spacial score (nSPS) is 11.8. The molecule has 0 aliphatic heterocycles. The van der Waals surface area contributed by atoms with E-state index in [0.717, 1.165) is 11.1 Å². The van der Waals surface area contributed by atoms with Crippen LogP contribution in [0.5, 0.6) is 11.5 Å². The first-order valence-electron chi connectivity index (χ1n) is 11.3. The van der Waals surface area contributed by atoms with Gasteiger partial charge in [0, 0.05) is 31.6 Å². The van der Waals surface area contributed by atoms with Gasteiger partial charge in [-0.05, 0) is 35.9 Å². The minimum Gasteiger partial charge on any atom is -0.493 e. The fourth-order valence-corrected chi connectivity index (χ4v) is 3.62. The molecule has 0 radical (unpaired) electrons. The summed E-state index contributed by atoms with van der Waals surface area (Å²) in [5.41, 5.74) is 2.09. The van der Waals surface area contributed by atoms with E-state index in [1.54, 1.807) is 30.3 Å². The number of carboxylic acid groups (broad SMARTS) is 1. The summed E-state index contributed by atoms with van der Waals surface area (Å²) in [7, 11) is 1.38. The summed E-state index contributed by atoms with van der Waals surface area (Å²) in [6.07, 6.45) is 0.0651. The molecule has 1 atom stereocenters. The quantitative estimate of drug-likeness (QED) is 0.307. The Labute approximate surface area is 202 Å². The maximum Gasteiger partial charge on any atom is 0.333 e. The van der Waals surface area contributed by atoms with Crippen LogP contribution < -0.4 is 14.9 Å². The van der Waals surface area contributed by atoms with Crippen LogP contribution in [0.3, 0.4) is 0 Å². The largest absolute Gasteiger partial charge is 0.493 e. The summed E-state index contributed by atoms with van der Waals surface area (Å²) in [5.74, 6) is 0.822. The standard InChI is InChI=1S/C28H26O7/c1-32-27(28(30)31)16-19-8-10-21(11-9-19)33-14-5-15-34-22-12-13-25-23(17-22)24(29)18-26(35-25)20-6-3-2-4-7-20/h2-4,6-13,17-18,27H,5,14-16H2,1H3,(H,30,31)/t27-/m0/s1. The zero-order valence-electron chi connectivity index (χ0n) is 19.3. The first-order chi connectivity index (χ1) is 17.0. The molecule has 0 aliphatic rings. The van der Waals surface area contributed by atoms with Gasteiger partial charge in [-0.15, -0.1) is 0 Å². The lowest BCUT2D eigenvalue weighted by Crippen LogP contribution is -2.24. The van der Waals surface area contributed by atoms with Gasteiger partial charge in [-0.3, -0.25) is 4.79 Å². The van der Waals surface area contributed by atoms with Gasteiger partial charge < -0.3 is 23.7 Å². The van der Waals surface area contributed by atoms with Gasteiger partial charge in [-0.25, -0.2) is 4.79 Å². The second-order valence-corrected chi connectivity index (χ2v) is 7.96. The van der Waals surface area contributed by atoms with E-state index in [4.69, 9.17) is 23.7 Å². The van der Waals surface area contributed by atoms with Crippen LogP contribution in [0.4, 0.5) is 0 Å². The number of carbonyl (C=O) groups is 1. The Balaban J connectivity index is 1.27. The Kier molecular flexibility index (Phi) is 7.80. The highest BCUT2D eigenvalue weighted by Crippen LogP contribution is 2.24. The SMILES string of the molecule is CO[C@@H](Cc1ccc(OCCCOc2ccc3oc(-c4ccccc4)cc(=O)c3c2)cc1)C(=O)O. The lowest BCUT2D eigenvalue weighted by atomic mass is 10.1. The Bertz CT molecular complexity index is 1330. The first-order valence-corrected chi connectivity index (χ1v) is 11.3. The predicted molar refractivity (Wildman–Crippen MR) is 132 cm³/mol. The number of hydrogen-bond donors (Lipinski definition) is 1. The van der Waals surface area contributed by atoms with E-state index in [1.807, 2.05) is 42.5 Å². The summed E-state index contributed by atoms with van der Waals surface area (Å²) in [6.45, 7) is 0.872. The van der Waals surface area contributed by atoms with Crippen molar-refractivity contribution in [3.63, 3.8) is 0 Å². The maximum atomic E-state index is 12.6. The Morgan fingerprint density at radius 1 is 0.914 bits per heavy atom. The molecule has 1 heterocycles. The second kappa shape index (κ2) is 11.4. The monoisotopic (exact) mass is 474 g/mol. The molecule has 4 aromatic rings. The van der Waals surface area contributed by atoms with Crippen molar-refractivity contribution in [3.05, 3.63) is 94.6 Å². The molecule has 0 bridgehead atoms. The Morgan fingerprint density at radius 2 is 1.60 bits per heavy atom. The Hall–Kier alpha value is -4.10. The molecule has 0 unspecified atom stereocenters. The highest BCUT2D eigenvalue weighted by Gasteiger charge is 2.16. The first kappa shape index (κ1) is 24.0. The molecule has 7 heteroatoms. The van der Waals surface area contributed by atoms with Crippen molar-refractivity contribution in [3.8, 4) is 22.8 Å². The van der Waals surface area contributed by atoms with Crippen LogP contribution in [0.1, 0.15) is 12.0 Å². The van der Waals surface area contributed by atoms with Crippen molar-refractivity contribution in [2.24, 2.45) is 0 Å². The molecular formula is C28H26O7. The molecule has 0 saturated carbocycles. The highest BCUT2D eigenvalue weighted by molar-refractivity contribution is 5.80. The van der Waals surface area contributed by atoms with E-state index in [9.17, 15) is 9.59 Å². The van der Waals surface area contributed by atoms with Gasteiger partial charge in [-0.1, -0.05) is 42.5 Å². The number of benzene rings is 3. The van der Waals surface area contributed by atoms with Crippen molar-refractivity contribution in [2.45, 2.75) is 18.9 Å². The summed E-state index contributed by atoms with van der Waals surface area (Å²) in [6, 6.07) is 23.5. The molecule has 7 nitrogen and oxygen atoms in total. The van der Waals surface area contributed by atoms with Crippen LogP contribution in [-0.4, -0.2) is 37.5 Å². The summed E-state index contributed by atoms with van der Waals surface area (Å²) in [5, 5.41) is 9.55. The molecular weight excluding hydrogens is 448 g/mol. The fraction of sp³-hybridized carbons (Fsp3) is 0.214. The summed E-state index contributed by atoms with van der Waals surface area (Å²) >= 11 is 0. The third-order valence-corrected chi connectivity index (χ3v) is 5.49. The van der Waals surface area contributed by atoms with E-state index in [2.05, 4.69) is 0 Å². The van der Waals surface area contributed by atoms with Gasteiger partial charge >= 0.3 is 5.97 Å². The smallest absolute Gasteiger partial charge is 0.333 e. The number of fused-ring (bicyclic) bond motifs is 1. The molecule has 180 valence electrons. The van der Waals surface area contributed by atoms with Crippen molar-refractivity contribution in [1.29, 1.82) is 0 Å².